The van der Waals surface area contributed by atoms with E-state index in [1.54, 1.807) is 0 Å². The highest BCUT2D eigenvalue weighted by atomic mass is 79.9. The van der Waals surface area contributed by atoms with Crippen molar-refractivity contribution in [1.82, 2.24) is 10.6 Å². The summed E-state index contributed by atoms with van der Waals surface area (Å²) in [6.45, 7) is 4.87. The summed E-state index contributed by atoms with van der Waals surface area (Å²) < 4.78 is 1.11. The van der Waals surface area contributed by atoms with Crippen LogP contribution in [0.25, 0.3) is 0 Å². The minimum atomic E-state index is 0.213. The quantitative estimate of drug-likeness (QED) is 0.860. The van der Waals surface area contributed by atoms with Crippen molar-refractivity contribution in [3.8, 4) is 0 Å². The summed E-state index contributed by atoms with van der Waals surface area (Å²) in [5.74, 6) is 1.03. The number of hydrogen-bond acceptors (Lipinski definition) is 3. The zero-order valence-corrected chi connectivity index (χ0v) is 14.4. The topological polar surface area (TPSA) is 44.4 Å². The fourth-order valence-corrected chi connectivity index (χ4v) is 3.62. The SMILES string of the molecule is O=C(NCC1CCN(c2ccc(Br)cc2)C1)C1CCNCC1. The summed E-state index contributed by atoms with van der Waals surface area (Å²) in [7, 11) is 0. The van der Waals surface area contributed by atoms with Crippen LogP contribution in [0.1, 0.15) is 19.3 Å². The van der Waals surface area contributed by atoms with E-state index in [4.69, 9.17) is 0 Å². The molecule has 2 aliphatic rings. The van der Waals surface area contributed by atoms with Gasteiger partial charge >= 0.3 is 0 Å². The standard InChI is InChI=1S/C17H24BrN3O/c18-15-1-3-16(4-2-15)21-10-7-13(12-21)11-20-17(22)14-5-8-19-9-6-14/h1-4,13-14,19H,5-12H2,(H,20,22). The van der Waals surface area contributed by atoms with Gasteiger partial charge in [-0.3, -0.25) is 4.79 Å². The second kappa shape index (κ2) is 7.47. The Kier molecular flexibility index (Phi) is 5.37. The number of anilines is 1. The van der Waals surface area contributed by atoms with E-state index in [9.17, 15) is 4.79 Å². The Morgan fingerprint density at radius 1 is 1.23 bits per heavy atom. The maximum atomic E-state index is 12.2. The van der Waals surface area contributed by atoms with Crippen LogP contribution in [0.2, 0.25) is 0 Å². The molecule has 1 unspecified atom stereocenters. The predicted octanol–water partition coefficient (Wildman–Crippen LogP) is 2.39. The Hall–Kier alpha value is -1.07. The number of nitrogens with one attached hydrogen (secondary N) is 2. The number of hydrogen-bond donors (Lipinski definition) is 2. The lowest BCUT2D eigenvalue weighted by Crippen LogP contribution is -2.40. The Morgan fingerprint density at radius 2 is 1.95 bits per heavy atom. The number of rotatable bonds is 4. The fourth-order valence-electron chi connectivity index (χ4n) is 3.36. The minimum absolute atomic E-state index is 0.213. The first-order valence-corrected chi connectivity index (χ1v) is 9.00. The first kappa shape index (κ1) is 15.8. The molecule has 0 aromatic heterocycles. The summed E-state index contributed by atoms with van der Waals surface area (Å²) in [4.78, 5) is 14.6. The normalized spacial score (nSPS) is 22.8. The molecule has 2 fully saturated rings. The van der Waals surface area contributed by atoms with Crippen LogP contribution in [0.3, 0.4) is 0 Å². The molecule has 2 aliphatic heterocycles. The molecule has 3 rings (SSSR count). The van der Waals surface area contributed by atoms with Gasteiger partial charge in [0.2, 0.25) is 5.91 Å². The molecule has 4 nitrogen and oxygen atoms in total. The van der Waals surface area contributed by atoms with Gasteiger partial charge in [-0.05, 0) is 62.5 Å². The van der Waals surface area contributed by atoms with Crippen LogP contribution in [0.4, 0.5) is 5.69 Å². The zero-order valence-electron chi connectivity index (χ0n) is 12.9. The molecule has 0 saturated carbocycles. The van der Waals surface area contributed by atoms with Gasteiger partial charge < -0.3 is 15.5 Å². The van der Waals surface area contributed by atoms with Gasteiger partial charge in [-0.25, -0.2) is 0 Å². The lowest BCUT2D eigenvalue weighted by Gasteiger charge is -2.23. The average molecular weight is 366 g/mol. The van der Waals surface area contributed by atoms with Gasteiger partial charge in [0.15, 0.2) is 0 Å². The fraction of sp³-hybridized carbons (Fsp3) is 0.588. The third-order valence-electron chi connectivity index (χ3n) is 4.75. The van der Waals surface area contributed by atoms with Crippen LogP contribution >= 0.6 is 15.9 Å². The molecule has 0 bridgehead atoms. The molecule has 1 aromatic rings. The number of carbonyl (C=O) groups excluding carboxylic acids is 1. The number of amides is 1. The Morgan fingerprint density at radius 3 is 2.68 bits per heavy atom. The van der Waals surface area contributed by atoms with Gasteiger partial charge in [-0.1, -0.05) is 15.9 Å². The van der Waals surface area contributed by atoms with Gasteiger partial charge in [0.1, 0.15) is 0 Å². The van der Waals surface area contributed by atoms with Gasteiger partial charge in [0, 0.05) is 35.7 Å². The van der Waals surface area contributed by atoms with Gasteiger partial charge in [0.25, 0.3) is 0 Å². The summed E-state index contributed by atoms with van der Waals surface area (Å²) >= 11 is 3.47. The van der Waals surface area contributed by atoms with Gasteiger partial charge in [-0.15, -0.1) is 0 Å². The molecule has 1 aromatic carbocycles. The maximum absolute atomic E-state index is 12.2. The molecule has 5 heteroatoms. The molecule has 0 aliphatic carbocycles. The van der Waals surface area contributed by atoms with Crippen molar-refractivity contribution in [2.75, 3.05) is 37.6 Å². The van der Waals surface area contributed by atoms with Crippen LogP contribution in [-0.2, 0) is 4.79 Å². The number of piperidine rings is 1. The van der Waals surface area contributed by atoms with Crippen molar-refractivity contribution in [2.24, 2.45) is 11.8 Å². The molecular formula is C17H24BrN3O. The minimum Gasteiger partial charge on any atom is -0.371 e. The van der Waals surface area contributed by atoms with E-state index < -0.39 is 0 Å². The maximum Gasteiger partial charge on any atom is 0.223 e. The monoisotopic (exact) mass is 365 g/mol. The molecule has 2 saturated heterocycles. The Labute approximate surface area is 140 Å². The van der Waals surface area contributed by atoms with Crippen molar-refractivity contribution in [1.29, 1.82) is 0 Å². The number of nitrogens with zero attached hydrogens (tertiary/aromatic N) is 1. The van der Waals surface area contributed by atoms with Crippen LogP contribution in [0, 0.1) is 11.8 Å². The summed E-state index contributed by atoms with van der Waals surface area (Å²) in [5.41, 5.74) is 1.27. The molecule has 120 valence electrons. The van der Waals surface area contributed by atoms with E-state index >= 15 is 0 Å². The summed E-state index contributed by atoms with van der Waals surface area (Å²) in [6.07, 6.45) is 3.10. The van der Waals surface area contributed by atoms with Crippen LogP contribution in [0.15, 0.2) is 28.7 Å². The average Bonchev–Trinajstić information content (AvgIpc) is 3.03. The van der Waals surface area contributed by atoms with Crippen LogP contribution in [0.5, 0.6) is 0 Å². The first-order valence-electron chi connectivity index (χ1n) is 8.21. The Balaban J connectivity index is 1.44. The Bertz CT molecular complexity index is 499. The second-order valence-electron chi connectivity index (χ2n) is 6.35. The molecule has 2 heterocycles. The van der Waals surface area contributed by atoms with Crippen LogP contribution < -0.4 is 15.5 Å². The zero-order chi connectivity index (χ0) is 15.4. The van der Waals surface area contributed by atoms with Crippen LogP contribution in [-0.4, -0.2) is 38.6 Å². The lowest BCUT2D eigenvalue weighted by molar-refractivity contribution is -0.125. The highest BCUT2D eigenvalue weighted by Crippen LogP contribution is 2.25. The van der Waals surface area contributed by atoms with Gasteiger partial charge in [0.05, 0.1) is 0 Å². The second-order valence-corrected chi connectivity index (χ2v) is 7.26. The van der Waals surface area contributed by atoms with E-state index in [0.29, 0.717) is 5.92 Å². The van der Waals surface area contributed by atoms with Crippen molar-refractivity contribution in [3.05, 3.63) is 28.7 Å². The number of halogens is 1. The molecular weight excluding hydrogens is 342 g/mol. The molecule has 0 radical (unpaired) electrons. The molecule has 0 spiro atoms. The van der Waals surface area contributed by atoms with E-state index in [0.717, 1.165) is 56.5 Å². The van der Waals surface area contributed by atoms with Crippen molar-refractivity contribution in [3.63, 3.8) is 0 Å². The summed E-state index contributed by atoms with van der Waals surface area (Å²) in [6, 6.07) is 8.48. The van der Waals surface area contributed by atoms with Crippen molar-refractivity contribution >= 4 is 27.5 Å². The smallest absolute Gasteiger partial charge is 0.223 e. The molecule has 22 heavy (non-hydrogen) atoms. The number of benzene rings is 1. The lowest BCUT2D eigenvalue weighted by atomic mass is 9.97. The molecule has 1 amide bonds. The van der Waals surface area contributed by atoms with E-state index in [1.165, 1.54) is 5.69 Å². The third-order valence-corrected chi connectivity index (χ3v) is 5.28. The molecule has 1 atom stereocenters. The van der Waals surface area contributed by atoms with Crippen molar-refractivity contribution in [2.45, 2.75) is 19.3 Å². The van der Waals surface area contributed by atoms with E-state index in [-0.39, 0.29) is 11.8 Å². The summed E-state index contributed by atoms with van der Waals surface area (Å²) in [5, 5.41) is 6.48. The van der Waals surface area contributed by atoms with Gasteiger partial charge in [-0.2, -0.15) is 0 Å². The number of carbonyl (C=O) groups is 1. The highest BCUT2D eigenvalue weighted by Gasteiger charge is 2.25. The first-order chi connectivity index (χ1) is 10.7. The van der Waals surface area contributed by atoms with Crippen molar-refractivity contribution < 1.29 is 4.79 Å². The van der Waals surface area contributed by atoms with E-state index in [2.05, 4.69) is 55.7 Å². The predicted molar refractivity (Wildman–Crippen MR) is 93.1 cm³/mol. The largest absolute Gasteiger partial charge is 0.371 e. The molecule has 2 N–H and O–H groups in total. The third kappa shape index (κ3) is 4.02. The highest BCUT2D eigenvalue weighted by molar-refractivity contribution is 9.10. The van der Waals surface area contributed by atoms with E-state index in [1.807, 2.05) is 0 Å².